The van der Waals surface area contributed by atoms with Crippen LogP contribution in [-0.4, -0.2) is 16.4 Å². The zero-order valence-electron chi connectivity index (χ0n) is 4.43. The number of ketones is 1. The summed E-state index contributed by atoms with van der Waals surface area (Å²) in [5.41, 5.74) is 0. The number of aldehydes is 1. The Morgan fingerprint density at radius 3 is 2.11 bits per heavy atom. The minimum Gasteiger partial charge on any atom is -0.299 e. The molecule has 0 radical (unpaired) electrons. The first-order valence-corrected chi connectivity index (χ1v) is 2.81. The minimum atomic E-state index is -1.94. The van der Waals surface area contributed by atoms with Crippen LogP contribution < -0.4 is 0 Å². The largest absolute Gasteiger partial charge is 0.299 e. The third-order valence-corrected chi connectivity index (χ3v) is 1.21. The molecule has 50 valence electrons. The summed E-state index contributed by atoms with van der Waals surface area (Å²) in [6, 6.07) is 0. The van der Waals surface area contributed by atoms with Crippen molar-refractivity contribution in [3.63, 3.8) is 0 Å². The Labute approximate surface area is 62.4 Å². The van der Waals surface area contributed by atoms with Crippen molar-refractivity contribution in [1.29, 1.82) is 0 Å². The average Bonchev–Trinajstić information content (AvgIpc) is 1.86. The van der Waals surface area contributed by atoms with Gasteiger partial charge < -0.3 is 0 Å². The van der Waals surface area contributed by atoms with Gasteiger partial charge in [0, 0.05) is 0 Å². The van der Waals surface area contributed by atoms with E-state index in [1.54, 1.807) is 0 Å². The number of rotatable bonds is 3. The average molecular weight is 167 g/mol. The van der Waals surface area contributed by atoms with E-state index in [1.807, 2.05) is 0 Å². The van der Waals surface area contributed by atoms with Crippen molar-refractivity contribution in [3.8, 4) is 0 Å². The molecule has 0 rings (SSSR count). The van der Waals surface area contributed by atoms with Gasteiger partial charge in [-0.1, -0.05) is 29.8 Å². The Balaban J connectivity index is 4.31. The van der Waals surface area contributed by atoms with Crippen molar-refractivity contribution >= 4 is 35.3 Å². The maximum atomic E-state index is 10.5. The van der Waals surface area contributed by atoms with Crippen LogP contribution in [0.15, 0.2) is 12.7 Å². The number of hydrogen-bond acceptors (Lipinski definition) is 2. The Morgan fingerprint density at radius 1 is 1.56 bits per heavy atom. The van der Waals surface area contributed by atoms with Crippen LogP contribution >= 0.6 is 23.2 Å². The number of allylic oxidation sites excluding steroid dienone is 1. The molecule has 0 unspecified atom stereocenters. The van der Waals surface area contributed by atoms with Crippen LogP contribution in [0.3, 0.4) is 0 Å². The van der Waals surface area contributed by atoms with E-state index < -0.39 is 10.1 Å². The zero-order valence-corrected chi connectivity index (χ0v) is 5.95. The highest BCUT2D eigenvalue weighted by Gasteiger charge is 2.30. The molecule has 0 aliphatic carbocycles. The fourth-order valence-corrected chi connectivity index (χ4v) is 0.348. The van der Waals surface area contributed by atoms with E-state index in [-0.39, 0.29) is 6.29 Å². The van der Waals surface area contributed by atoms with Gasteiger partial charge >= 0.3 is 0 Å². The minimum absolute atomic E-state index is 0.153. The van der Waals surface area contributed by atoms with Crippen molar-refractivity contribution in [2.45, 2.75) is 4.33 Å². The van der Waals surface area contributed by atoms with E-state index in [0.29, 0.717) is 0 Å². The van der Waals surface area contributed by atoms with Gasteiger partial charge in [0.15, 0.2) is 12.1 Å². The number of hydrogen-bond donors (Lipinski definition) is 0. The fourth-order valence-electron chi connectivity index (χ4n) is 0.194. The molecular weight excluding hydrogens is 163 g/mol. The Morgan fingerprint density at radius 2 is 2.00 bits per heavy atom. The third-order valence-electron chi connectivity index (χ3n) is 0.662. The molecule has 0 heterocycles. The second kappa shape index (κ2) is 2.99. The molecule has 0 atom stereocenters. The SMILES string of the molecule is C=CC(=O)C(Cl)(Cl)C=O. The Hall–Kier alpha value is -0.340. The molecule has 0 bridgehead atoms. The molecule has 0 N–H and O–H groups in total. The van der Waals surface area contributed by atoms with Gasteiger partial charge in [-0.05, 0) is 6.08 Å². The highest BCUT2D eigenvalue weighted by molar-refractivity contribution is 6.66. The van der Waals surface area contributed by atoms with E-state index in [2.05, 4.69) is 6.58 Å². The zero-order chi connectivity index (χ0) is 7.49. The lowest BCUT2D eigenvalue weighted by Crippen LogP contribution is -2.25. The summed E-state index contributed by atoms with van der Waals surface area (Å²) in [5.74, 6) is -0.708. The van der Waals surface area contributed by atoms with E-state index in [0.717, 1.165) is 6.08 Å². The normalized spacial score (nSPS) is 10.4. The molecular formula is C5H4Cl2O2. The predicted octanol–water partition coefficient (Wildman–Crippen LogP) is 1.11. The van der Waals surface area contributed by atoms with E-state index >= 15 is 0 Å². The summed E-state index contributed by atoms with van der Waals surface area (Å²) in [4.78, 5) is 20.3. The second-order valence-corrected chi connectivity index (χ2v) is 2.70. The van der Waals surface area contributed by atoms with Crippen molar-refractivity contribution in [2.75, 3.05) is 0 Å². The van der Waals surface area contributed by atoms with Gasteiger partial charge in [-0.15, -0.1) is 0 Å². The number of halogens is 2. The first-order chi connectivity index (χ1) is 4.04. The molecule has 4 heteroatoms. The quantitative estimate of drug-likeness (QED) is 0.273. The van der Waals surface area contributed by atoms with E-state index in [4.69, 9.17) is 23.2 Å². The molecule has 2 nitrogen and oxygen atoms in total. The Bertz CT molecular complexity index is 151. The molecule has 0 aromatic rings. The van der Waals surface area contributed by atoms with Crippen LogP contribution in [0.4, 0.5) is 0 Å². The van der Waals surface area contributed by atoms with Gasteiger partial charge in [-0.2, -0.15) is 0 Å². The van der Waals surface area contributed by atoms with E-state index in [9.17, 15) is 9.59 Å². The third kappa shape index (κ3) is 2.16. The molecule has 0 saturated carbocycles. The highest BCUT2D eigenvalue weighted by Crippen LogP contribution is 2.18. The summed E-state index contributed by atoms with van der Waals surface area (Å²) < 4.78 is -1.94. The standard InChI is InChI=1S/C5H4Cl2O2/c1-2-4(9)5(6,7)3-8/h2-3H,1H2. The first kappa shape index (κ1) is 8.66. The molecule has 9 heavy (non-hydrogen) atoms. The van der Waals surface area contributed by atoms with Crippen LogP contribution in [0, 0.1) is 0 Å². The van der Waals surface area contributed by atoms with E-state index in [1.165, 1.54) is 0 Å². The van der Waals surface area contributed by atoms with Gasteiger partial charge in [0.05, 0.1) is 0 Å². The summed E-state index contributed by atoms with van der Waals surface area (Å²) in [5, 5.41) is 0. The lowest BCUT2D eigenvalue weighted by molar-refractivity contribution is -0.119. The predicted molar refractivity (Wildman–Crippen MR) is 35.7 cm³/mol. The molecule has 0 amide bonds. The van der Waals surface area contributed by atoms with Crippen molar-refractivity contribution in [2.24, 2.45) is 0 Å². The van der Waals surface area contributed by atoms with Crippen LogP contribution in [0.25, 0.3) is 0 Å². The van der Waals surface area contributed by atoms with Crippen LogP contribution in [0.2, 0.25) is 0 Å². The number of alkyl halides is 2. The summed E-state index contributed by atoms with van der Waals surface area (Å²) in [6.45, 7) is 3.10. The molecule has 0 saturated heterocycles. The van der Waals surface area contributed by atoms with Crippen molar-refractivity contribution in [3.05, 3.63) is 12.7 Å². The van der Waals surface area contributed by atoms with Crippen molar-refractivity contribution < 1.29 is 9.59 Å². The molecule has 0 aromatic heterocycles. The molecule has 0 aromatic carbocycles. The first-order valence-electron chi connectivity index (χ1n) is 2.05. The van der Waals surface area contributed by atoms with Gasteiger partial charge in [0.2, 0.25) is 4.33 Å². The Kier molecular flexibility index (Phi) is 2.88. The maximum absolute atomic E-state index is 10.5. The summed E-state index contributed by atoms with van der Waals surface area (Å²) in [6.07, 6.45) is 1.05. The molecule has 0 aliphatic rings. The van der Waals surface area contributed by atoms with Crippen molar-refractivity contribution in [1.82, 2.24) is 0 Å². The summed E-state index contributed by atoms with van der Waals surface area (Å²) in [7, 11) is 0. The number of carbonyl (C=O) groups is 2. The number of carbonyl (C=O) groups excluding carboxylic acids is 2. The van der Waals surface area contributed by atoms with Gasteiger partial charge in [0.1, 0.15) is 0 Å². The maximum Gasteiger partial charge on any atom is 0.234 e. The lowest BCUT2D eigenvalue weighted by atomic mass is 10.3. The summed E-state index contributed by atoms with van der Waals surface area (Å²) >= 11 is 10.3. The van der Waals surface area contributed by atoms with Gasteiger partial charge in [-0.25, -0.2) is 0 Å². The monoisotopic (exact) mass is 166 g/mol. The smallest absolute Gasteiger partial charge is 0.234 e. The van der Waals surface area contributed by atoms with Crippen LogP contribution in [0.5, 0.6) is 0 Å². The molecule has 0 aliphatic heterocycles. The molecule has 0 fully saturated rings. The highest BCUT2D eigenvalue weighted by atomic mass is 35.5. The lowest BCUT2D eigenvalue weighted by Gasteiger charge is -2.04. The second-order valence-electron chi connectivity index (χ2n) is 1.31. The molecule has 0 spiro atoms. The van der Waals surface area contributed by atoms with Crippen LogP contribution in [0.1, 0.15) is 0 Å². The van der Waals surface area contributed by atoms with Gasteiger partial charge in [-0.3, -0.25) is 9.59 Å². The van der Waals surface area contributed by atoms with Gasteiger partial charge in [0.25, 0.3) is 0 Å². The fraction of sp³-hybridized carbons (Fsp3) is 0.200. The topological polar surface area (TPSA) is 34.1 Å². The van der Waals surface area contributed by atoms with Crippen LogP contribution in [-0.2, 0) is 9.59 Å².